The fourth-order valence-corrected chi connectivity index (χ4v) is 6.68. The summed E-state index contributed by atoms with van der Waals surface area (Å²) in [4.78, 5) is 22.9. The Morgan fingerprint density at radius 1 is 0.730 bits per heavy atom. The van der Waals surface area contributed by atoms with E-state index in [-0.39, 0.29) is 11.7 Å². The van der Waals surface area contributed by atoms with Crippen molar-refractivity contribution in [2.75, 3.05) is 0 Å². The third kappa shape index (κ3) is 3.27. The fraction of sp³-hybridized carbons (Fsp3) is 0.0625. The zero-order valence-corrected chi connectivity index (χ0v) is 20.5. The zero-order chi connectivity index (χ0) is 25.0. The van der Waals surface area contributed by atoms with Crippen molar-refractivity contribution >= 4 is 33.6 Å². The Morgan fingerprint density at radius 2 is 1.35 bits per heavy atom. The average molecular weight is 501 g/mol. The van der Waals surface area contributed by atoms with Gasteiger partial charge in [-0.25, -0.2) is 9.38 Å². The highest BCUT2D eigenvalue weighted by Gasteiger charge is 2.55. The summed E-state index contributed by atoms with van der Waals surface area (Å²) in [5.74, 6) is -0.419. The van der Waals surface area contributed by atoms with Crippen LogP contribution in [0.15, 0.2) is 131 Å². The molecule has 0 aromatic heterocycles. The molecule has 1 unspecified atom stereocenters. The molecule has 5 heteroatoms. The normalized spacial score (nSPS) is 17.9. The number of benzene rings is 5. The second-order valence-electron chi connectivity index (χ2n) is 9.27. The number of hydrogen-bond donors (Lipinski definition) is 0. The van der Waals surface area contributed by atoms with E-state index < -0.39 is 11.6 Å². The minimum absolute atomic E-state index is 0.111. The van der Waals surface area contributed by atoms with Gasteiger partial charge in [0.1, 0.15) is 5.82 Å². The number of amidine groups is 1. The van der Waals surface area contributed by atoms with Crippen LogP contribution in [0.4, 0.5) is 4.39 Å². The van der Waals surface area contributed by atoms with Crippen molar-refractivity contribution in [1.82, 2.24) is 4.90 Å². The fourth-order valence-electron chi connectivity index (χ4n) is 5.54. The number of aliphatic imine (C=N–C) groups is 1. The van der Waals surface area contributed by atoms with Gasteiger partial charge in [-0.1, -0.05) is 115 Å². The van der Waals surface area contributed by atoms with Gasteiger partial charge in [0, 0.05) is 10.5 Å². The van der Waals surface area contributed by atoms with Crippen LogP contribution in [0, 0.1) is 5.82 Å². The predicted molar refractivity (Wildman–Crippen MR) is 146 cm³/mol. The summed E-state index contributed by atoms with van der Waals surface area (Å²) in [7, 11) is 0. The summed E-state index contributed by atoms with van der Waals surface area (Å²) in [5, 5.41) is 2.82. The molecule has 0 saturated heterocycles. The van der Waals surface area contributed by atoms with Gasteiger partial charge in [-0.3, -0.25) is 9.69 Å². The molecule has 2 aliphatic rings. The first kappa shape index (κ1) is 22.0. The summed E-state index contributed by atoms with van der Waals surface area (Å²) >= 11 is 1.52. The maximum atomic E-state index is 14.8. The Hall–Kier alpha value is -4.22. The molecule has 2 aliphatic heterocycles. The number of amides is 1. The standard InChI is InChI=1S/C32H21FN2OS/c33-25-18-15-22(16-19-25)29-28-26-14-8-7-9-21(26)17-20-27(28)37-31-34-32(30(36)35(29)31,23-10-3-1-4-11-23)24-12-5-2-6-13-24/h1-20,29H. The minimum Gasteiger partial charge on any atom is -0.277 e. The summed E-state index contributed by atoms with van der Waals surface area (Å²) in [6.07, 6.45) is 0. The van der Waals surface area contributed by atoms with Crippen LogP contribution in [0.5, 0.6) is 0 Å². The molecule has 1 amide bonds. The third-order valence-electron chi connectivity index (χ3n) is 7.23. The monoisotopic (exact) mass is 500 g/mol. The van der Waals surface area contributed by atoms with Crippen molar-refractivity contribution < 1.29 is 9.18 Å². The van der Waals surface area contributed by atoms with Crippen molar-refractivity contribution in [3.8, 4) is 0 Å². The minimum atomic E-state index is -1.21. The van der Waals surface area contributed by atoms with Crippen LogP contribution in [0.3, 0.4) is 0 Å². The van der Waals surface area contributed by atoms with E-state index in [0.29, 0.717) is 5.17 Å². The molecule has 0 N–H and O–H groups in total. The summed E-state index contributed by atoms with van der Waals surface area (Å²) in [5.41, 5.74) is 2.32. The molecule has 0 spiro atoms. The highest BCUT2D eigenvalue weighted by atomic mass is 32.2. The zero-order valence-electron chi connectivity index (χ0n) is 19.7. The Kier molecular flexibility index (Phi) is 5.01. The molecule has 5 aromatic carbocycles. The van der Waals surface area contributed by atoms with Crippen LogP contribution in [0.2, 0.25) is 0 Å². The number of carbonyl (C=O) groups excluding carboxylic acids is 1. The lowest BCUT2D eigenvalue weighted by Crippen LogP contribution is -2.44. The molecule has 1 atom stereocenters. The van der Waals surface area contributed by atoms with Crippen molar-refractivity contribution in [1.29, 1.82) is 0 Å². The molecular weight excluding hydrogens is 479 g/mol. The Bertz CT molecular complexity index is 1640. The molecule has 37 heavy (non-hydrogen) atoms. The number of fused-ring (bicyclic) bond motifs is 4. The largest absolute Gasteiger partial charge is 0.277 e. The predicted octanol–water partition coefficient (Wildman–Crippen LogP) is 7.32. The molecule has 2 heterocycles. The first-order valence-electron chi connectivity index (χ1n) is 12.2. The van der Waals surface area contributed by atoms with E-state index in [1.807, 2.05) is 77.7 Å². The topological polar surface area (TPSA) is 32.7 Å². The summed E-state index contributed by atoms with van der Waals surface area (Å²) in [6, 6.07) is 38.0. The van der Waals surface area contributed by atoms with E-state index in [1.54, 1.807) is 12.1 Å². The maximum absolute atomic E-state index is 14.8. The molecule has 0 radical (unpaired) electrons. The molecular formula is C32H21FN2OS. The maximum Gasteiger partial charge on any atom is 0.266 e. The van der Waals surface area contributed by atoms with Crippen LogP contribution in [0.1, 0.15) is 28.3 Å². The summed E-state index contributed by atoms with van der Waals surface area (Å²) < 4.78 is 14.0. The molecule has 0 aliphatic carbocycles. The van der Waals surface area contributed by atoms with Crippen molar-refractivity contribution in [3.63, 3.8) is 0 Å². The lowest BCUT2D eigenvalue weighted by molar-refractivity contribution is -0.131. The van der Waals surface area contributed by atoms with Crippen molar-refractivity contribution in [2.24, 2.45) is 4.99 Å². The van der Waals surface area contributed by atoms with Crippen LogP contribution in [-0.4, -0.2) is 16.0 Å². The van der Waals surface area contributed by atoms with E-state index in [0.717, 1.165) is 37.9 Å². The lowest BCUT2D eigenvalue weighted by atomic mass is 9.82. The van der Waals surface area contributed by atoms with Gasteiger partial charge >= 0.3 is 0 Å². The van der Waals surface area contributed by atoms with Gasteiger partial charge in [0.05, 0.1) is 6.04 Å². The number of thioether (sulfide) groups is 1. The van der Waals surface area contributed by atoms with E-state index >= 15 is 0 Å². The van der Waals surface area contributed by atoms with Crippen LogP contribution in [0.25, 0.3) is 10.8 Å². The third-order valence-corrected chi connectivity index (χ3v) is 8.28. The molecule has 5 aromatic rings. The van der Waals surface area contributed by atoms with E-state index in [1.165, 1.54) is 23.9 Å². The molecule has 0 saturated carbocycles. The first-order chi connectivity index (χ1) is 18.2. The second-order valence-corrected chi connectivity index (χ2v) is 10.3. The molecule has 178 valence electrons. The molecule has 0 bridgehead atoms. The van der Waals surface area contributed by atoms with E-state index in [2.05, 4.69) is 24.3 Å². The first-order valence-corrected chi connectivity index (χ1v) is 13.0. The summed E-state index contributed by atoms with van der Waals surface area (Å²) in [6.45, 7) is 0. The van der Waals surface area contributed by atoms with E-state index in [9.17, 15) is 9.18 Å². The van der Waals surface area contributed by atoms with Crippen LogP contribution < -0.4 is 0 Å². The van der Waals surface area contributed by atoms with Gasteiger partial charge in [-0.05, 0) is 45.7 Å². The van der Waals surface area contributed by atoms with Crippen molar-refractivity contribution in [3.05, 3.63) is 149 Å². The van der Waals surface area contributed by atoms with Gasteiger partial charge < -0.3 is 0 Å². The molecule has 7 rings (SSSR count). The van der Waals surface area contributed by atoms with Gasteiger partial charge in [0.15, 0.2) is 10.7 Å². The lowest BCUT2D eigenvalue weighted by Gasteiger charge is -2.37. The van der Waals surface area contributed by atoms with Crippen LogP contribution >= 0.6 is 11.8 Å². The molecule has 3 nitrogen and oxygen atoms in total. The SMILES string of the molecule is O=C1N2C(=NC1(c1ccccc1)c1ccccc1)Sc1ccc3ccccc3c1C2c1ccc(F)cc1. The highest BCUT2D eigenvalue weighted by molar-refractivity contribution is 8.14. The Labute approximate surface area is 218 Å². The van der Waals surface area contributed by atoms with Gasteiger partial charge in [-0.2, -0.15) is 0 Å². The number of hydrogen-bond acceptors (Lipinski definition) is 3. The Balaban J connectivity index is 1.51. The molecule has 0 fully saturated rings. The van der Waals surface area contributed by atoms with Gasteiger partial charge in [0.25, 0.3) is 5.91 Å². The Morgan fingerprint density at radius 3 is 2.03 bits per heavy atom. The number of halogens is 1. The smallest absolute Gasteiger partial charge is 0.266 e. The van der Waals surface area contributed by atoms with E-state index in [4.69, 9.17) is 4.99 Å². The number of carbonyl (C=O) groups is 1. The highest BCUT2D eigenvalue weighted by Crippen LogP contribution is 2.52. The van der Waals surface area contributed by atoms with Gasteiger partial charge in [-0.15, -0.1) is 0 Å². The van der Waals surface area contributed by atoms with Gasteiger partial charge in [0.2, 0.25) is 0 Å². The average Bonchev–Trinajstić information content (AvgIpc) is 3.26. The van der Waals surface area contributed by atoms with Crippen molar-refractivity contribution in [2.45, 2.75) is 16.5 Å². The number of rotatable bonds is 3. The number of nitrogens with zero attached hydrogens (tertiary/aromatic N) is 2. The quantitative estimate of drug-likeness (QED) is 0.260. The second kappa shape index (κ2) is 8.43. The van der Waals surface area contributed by atoms with Crippen LogP contribution in [-0.2, 0) is 10.3 Å².